The van der Waals surface area contributed by atoms with Gasteiger partial charge in [-0.2, -0.15) is 0 Å². The number of nitrogens with zero attached hydrogens (tertiary/aromatic N) is 2. The number of aromatic nitrogens is 1. The van der Waals surface area contributed by atoms with Crippen molar-refractivity contribution in [2.24, 2.45) is 11.8 Å². The molecule has 6 nitrogen and oxygen atoms in total. The van der Waals surface area contributed by atoms with Gasteiger partial charge in [0, 0.05) is 30.6 Å². The zero-order chi connectivity index (χ0) is 25.9. The maximum Gasteiger partial charge on any atom is 0.309 e. The first-order valence-electron chi connectivity index (χ1n) is 13.4. The van der Waals surface area contributed by atoms with E-state index in [0.717, 1.165) is 61.2 Å². The number of thiazole rings is 1. The van der Waals surface area contributed by atoms with Crippen LogP contribution in [-0.4, -0.2) is 37.2 Å². The van der Waals surface area contributed by atoms with E-state index in [1.165, 1.54) is 27.8 Å². The molecule has 0 saturated carbocycles. The number of aryl methyl sites for hydroxylation is 2. The third kappa shape index (κ3) is 5.68. The number of anilines is 1. The summed E-state index contributed by atoms with van der Waals surface area (Å²) in [6, 6.07) is 10.9. The van der Waals surface area contributed by atoms with Crippen molar-refractivity contribution in [2.75, 3.05) is 31.1 Å². The van der Waals surface area contributed by atoms with Gasteiger partial charge in [0.05, 0.1) is 18.2 Å². The average molecular weight is 520 g/mol. The Kier molecular flexibility index (Phi) is 7.81. The van der Waals surface area contributed by atoms with Gasteiger partial charge in [-0.05, 0) is 80.5 Å². The minimum absolute atomic E-state index is 0.0316. The summed E-state index contributed by atoms with van der Waals surface area (Å²) in [6.07, 6.45) is 1.86. The van der Waals surface area contributed by atoms with Gasteiger partial charge in [-0.15, -0.1) is 11.3 Å². The second-order valence-corrected chi connectivity index (χ2v) is 11.2. The second kappa shape index (κ2) is 11.2. The topological polar surface area (TPSA) is 63.7 Å². The molecule has 37 heavy (non-hydrogen) atoms. The summed E-state index contributed by atoms with van der Waals surface area (Å²) in [7, 11) is 0. The smallest absolute Gasteiger partial charge is 0.309 e. The minimum Gasteiger partial charge on any atom is -0.488 e. The van der Waals surface area contributed by atoms with Gasteiger partial charge in [-0.25, -0.2) is 4.98 Å². The number of rotatable bonds is 7. The van der Waals surface area contributed by atoms with Gasteiger partial charge in [0.25, 0.3) is 0 Å². The van der Waals surface area contributed by atoms with Gasteiger partial charge in [0.1, 0.15) is 12.4 Å². The molecule has 196 valence electrons. The zero-order valence-corrected chi connectivity index (χ0v) is 23.1. The molecule has 0 unspecified atom stereocenters. The van der Waals surface area contributed by atoms with Crippen LogP contribution < -0.4 is 15.0 Å². The van der Waals surface area contributed by atoms with Gasteiger partial charge in [-0.3, -0.25) is 4.79 Å². The van der Waals surface area contributed by atoms with Gasteiger partial charge >= 0.3 is 5.97 Å². The van der Waals surface area contributed by atoms with Crippen LogP contribution in [0.4, 0.5) is 5.13 Å². The molecule has 3 heterocycles. The molecule has 0 spiro atoms. The molecule has 1 saturated heterocycles. The molecule has 1 fully saturated rings. The van der Waals surface area contributed by atoms with Gasteiger partial charge in [0.2, 0.25) is 0 Å². The third-order valence-corrected chi connectivity index (χ3v) is 8.46. The fourth-order valence-corrected chi connectivity index (χ4v) is 6.41. The van der Waals surface area contributed by atoms with Crippen LogP contribution in [0.15, 0.2) is 35.7 Å². The Hall–Kier alpha value is -2.90. The monoisotopic (exact) mass is 519 g/mol. The van der Waals surface area contributed by atoms with Crippen molar-refractivity contribution < 1.29 is 14.3 Å². The first-order chi connectivity index (χ1) is 17.9. The van der Waals surface area contributed by atoms with Crippen molar-refractivity contribution in [3.05, 3.63) is 63.5 Å². The lowest BCUT2D eigenvalue weighted by Gasteiger charge is -2.35. The molecular weight excluding hydrogens is 482 g/mol. The number of fused-ring (bicyclic) bond motifs is 1. The van der Waals surface area contributed by atoms with Crippen LogP contribution in [0.2, 0.25) is 0 Å². The number of esters is 1. The first kappa shape index (κ1) is 25.7. The number of hydrogen-bond donors (Lipinski definition) is 1. The van der Waals surface area contributed by atoms with Crippen LogP contribution in [-0.2, 0) is 29.1 Å². The van der Waals surface area contributed by atoms with E-state index < -0.39 is 0 Å². The Morgan fingerprint density at radius 2 is 2.11 bits per heavy atom. The minimum atomic E-state index is -0.0678. The van der Waals surface area contributed by atoms with Gasteiger partial charge < -0.3 is 19.7 Å². The largest absolute Gasteiger partial charge is 0.488 e. The summed E-state index contributed by atoms with van der Waals surface area (Å²) in [6.45, 7) is 12.9. The summed E-state index contributed by atoms with van der Waals surface area (Å²) in [5, 5.41) is 6.58. The summed E-state index contributed by atoms with van der Waals surface area (Å²) in [5.74, 6) is 0.987. The van der Waals surface area contributed by atoms with Crippen molar-refractivity contribution >= 4 is 22.4 Å². The molecule has 3 aromatic rings. The van der Waals surface area contributed by atoms with E-state index in [1.807, 2.05) is 6.92 Å². The number of carbonyl (C=O) groups is 1. The van der Waals surface area contributed by atoms with Crippen LogP contribution in [0.1, 0.15) is 48.1 Å². The number of hydrogen-bond acceptors (Lipinski definition) is 7. The molecule has 1 aromatic heterocycles. The fraction of sp³-hybridized carbons (Fsp3) is 0.467. The van der Waals surface area contributed by atoms with Crippen molar-refractivity contribution in [1.82, 2.24) is 10.3 Å². The number of nitrogens with one attached hydrogen (secondary N) is 1. The quantitative estimate of drug-likeness (QED) is 0.406. The average Bonchev–Trinajstić information content (AvgIpc) is 3.38. The lowest BCUT2D eigenvalue weighted by molar-refractivity contribution is -0.150. The van der Waals surface area contributed by atoms with Crippen molar-refractivity contribution in [1.29, 1.82) is 0 Å². The summed E-state index contributed by atoms with van der Waals surface area (Å²) >= 11 is 1.66. The zero-order valence-electron chi connectivity index (χ0n) is 22.3. The van der Waals surface area contributed by atoms with Gasteiger partial charge in [-0.1, -0.05) is 30.7 Å². The Morgan fingerprint density at radius 1 is 1.24 bits per heavy atom. The molecule has 2 aromatic carbocycles. The highest BCUT2D eigenvalue weighted by Gasteiger charge is 2.33. The van der Waals surface area contributed by atoms with Crippen molar-refractivity contribution in [3.8, 4) is 17.0 Å². The normalized spacial score (nSPS) is 19.4. The Morgan fingerprint density at radius 3 is 2.92 bits per heavy atom. The predicted molar refractivity (Wildman–Crippen MR) is 149 cm³/mol. The van der Waals surface area contributed by atoms with E-state index in [4.69, 9.17) is 14.5 Å². The van der Waals surface area contributed by atoms with E-state index in [0.29, 0.717) is 13.2 Å². The number of carbonyl (C=O) groups excluding carboxylic acids is 1. The van der Waals surface area contributed by atoms with Crippen LogP contribution in [0.3, 0.4) is 0 Å². The summed E-state index contributed by atoms with van der Waals surface area (Å²) < 4.78 is 11.7. The van der Waals surface area contributed by atoms with E-state index in [-0.39, 0.29) is 17.8 Å². The molecule has 5 rings (SSSR count). The molecule has 0 aliphatic carbocycles. The van der Waals surface area contributed by atoms with Crippen molar-refractivity contribution in [2.45, 2.75) is 53.7 Å². The molecule has 0 bridgehead atoms. The van der Waals surface area contributed by atoms with E-state index in [9.17, 15) is 4.79 Å². The standard InChI is InChI=1S/C30H37N3O3S/c1-5-35-29(34)24-9-11-33(16-21(24)4)30-32-27(18-37-30)25-12-19(2)6-7-28(25)36-17-22-13-20(3)26-15-31-10-8-23(26)14-22/h6-7,12-14,18,21,24,31H,5,8-11,15-17H2,1-4H3/t21-,24+/m1/s1. The van der Waals surface area contributed by atoms with Crippen LogP contribution in [0.5, 0.6) is 5.75 Å². The fourth-order valence-electron chi connectivity index (χ4n) is 5.55. The van der Waals surface area contributed by atoms with E-state index in [1.54, 1.807) is 11.3 Å². The Balaban J connectivity index is 1.31. The highest BCUT2D eigenvalue weighted by Crippen LogP contribution is 2.37. The molecule has 7 heteroatoms. The second-order valence-electron chi connectivity index (χ2n) is 10.4. The summed E-state index contributed by atoms with van der Waals surface area (Å²) in [4.78, 5) is 19.6. The van der Waals surface area contributed by atoms with Gasteiger partial charge in [0.15, 0.2) is 5.13 Å². The van der Waals surface area contributed by atoms with E-state index in [2.05, 4.69) is 66.7 Å². The van der Waals surface area contributed by atoms with Crippen molar-refractivity contribution in [3.63, 3.8) is 0 Å². The molecule has 1 N–H and O–H groups in total. The maximum absolute atomic E-state index is 12.3. The van der Waals surface area contributed by atoms with Crippen LogP contribution >= 0.6 is 11.3 Å². The van der Waals surface area contributed by atoms with Crippen LogP contribution in [0.25, 0.3) is 11.3 Å². The Bertz CT molecular complexity index is 1270. The third-order valence-electron chi connectivity index (χ3n) is 7.56. The highest BCUT2D eigenvalue weighted by molar-refractivity contribution is 7.14. The molecule has 2 aliphatic rings. The van der Waals surface area contributed by atoms with E-state index >= 15 is 0 Å². The lowest BCUT2D eigenvalue weighted by atomic mass is 9.87. The number of benzene rings is 2. The van der Waals surface area contributed by atoms with Crippen LogP contribution in [0, 0.1) is 25.7 Å². The SMILES string of the molecule is CCOC(=O)[C@H]1CCN(c2nc(-c3cc(C)ccc3OCc3cc(C)c4c(c3)CCNC4)cs2)C[C@H]1C. The highest BCUT2D eigenvalue weighted by atomic mass is 32.1. The molecule has 0 amide bonds. The number of piperidine rings is 1. The maximum atomic E-state index is 12.3. The molecular formula is C30H37N3O3S. The lowest BCUT2D eigenvalue weighted by Crippen LogP contribution is -2.42. The summed E-state index contributed by atoms with van der Waals surface area (Å²) in [5.41, 5.74) is 8.55. The molecule has 0 radical (unpaired) electrons. The Labute approximate surface area is 224 Å². The first-order valence-corrected chi connectivity index (χ1v) is 14.2. The molecule has 2 aliphatic heterocycles. The molecule has 2 atom stereocenters. The predicted octanol–water partition coefficient (Wildman–Crippen LogP) is 5.68. The number of ether oxygens (including phenoxy) is 2.